The first-order valence-corrected chi connectivity index (χ1v) is 5.15. The van der Waals surface area contributed by atoms with Crippen LogP contribution in [0.25, 0.3) is 0 Å². The number of carboxylic acid groups (broad SMARTS) is 1. The molecule has 8 heteroatoms. The number of aromatic nitrogens is 1. The summed E-state index contributed by atoms with van der Waals surface area (Å²) in [6.07, 6.45) is 0. The number of nitrogens with zero attached hydrogens (tertiary/aromatic N) is 1. The SMILES string of the molecule is COCc1cc(C(=O)NCCOCC(=O)O)no1. The van der Waals surface area contributed by atoms with Gasteiger partial charge in [0.25, 0.3) is 5.91 Å². The Kier molecular flexibility index (Phi) is 5.81. The van der Waals surface area contributed by atoms with Crippen LogP contribution in [0.2, 0.25) is 0 Å². The van der Waals surface area contributed by atoms with Gasteiger partial charge in [-0.05, 0) is 0 Å². The number of rotatable bonds is 8. The van der Waals surface area contributed by atoms with Gasteiger partial charge in [0.1, 0.15) is 13.2 Å². The van der Waals surface area contributed by atoms with Gasteiger partial charge in [0, 0.05) is 19.7 Å². The molecule has 0 bridgehead atoms. The fraction of sp³-hybridized carbons (Fsp3) is 0.500. The van der Waals surface area contributed by atoms with Gasteiger partial charge in [0.2, 0.25) is 0 Å². The van der Waals surface area contributed by atoms with Gasteiger partial charge in [-0.3, -0.25) is 4.79 Å². The van der Waals surface area contributed by atoms with Crippen LogP contribution in [0.1, 0.15) is 16.2 Å². The van der Waals surface area contributed by atoms with Crippen molar-refractivity contribution in [3.8, 4) is 0 Å². The predicted octanol–water partition coefficient (Wildman–Crippen LogP) is -0.348. The van der Waals surface area contributed by atoms with Crippen molar-refractivity contribution in [3.05, 3.63) is 17.5 Å². The molecular formula is C10H14N2O6. The van der Waals surface area contributed by atoms with Gasteiger partial charge in [-0.1, -0.05) is 5.16 Å². The van der Waals surface area contributed by atoms with Gasteiger partial charge in [-0.25, -0.2) is 4.79 Å². The number of carboxylic acids is 1. The first-order valence-electron chi connectivity index (χ1n) is 5.15. The molecule has 2 N–H and O–H groups in total. The minimum atomic E-state index is -1.05. The van der Waals surface area contributed by atoms with Crippen molar-refractivity contribution in [2.45, 2.75) is 6.61 Å². The molecule has 0 unspecified atom stereocenters. The summed E-state index contributed by atoms with van der Waals surface area (Å²) in [5.74, 6) is -1.02. The summed E-state index contributed by atoms with van der Waals surface area (Å²) < 4.78 is 14.4. The molecule has 0 aliphatic carbocycles. The molecule has 1 amide bonds. The standard InChI is InChI=1S/C10H14N2O6/c1-16-5-7-4-8(12-18-7)10(15)11-2-3-17-6-9(13)14/h4H,2-3,5-6H2,1H3,(H,11,15)(H,13,14). The lowest BCUT2D eigenvalue weighted by Gasteiger charge is -2.02. The number of carbonyl (C=O) groups excluding carboxylic acids is 1. The Balaban J connectivity index is 2.25. The van der Waals surface area contributed by atoms with E-state index in [1.165, 1.54) is 13.2 Å². The van der Waals surface area contributed by atoms with E-state index in [9.17, 15) is 9.59 Å². The minimum absolute atomic E-state index is 0.112. The van der Waals surface area contributed by atoms with Crippen LogP contribution in [0.5, 0.6) is 0 Å². The fourth-order valence-corrected chi connectivity index (χ4v) is 1.12. The highest BCUT2D eigenvalue weighted by Gasteiger charge is 2.11. The van der Waals surface area contributed by atoms with Crippen LogP contribution in [0.3, 0.4) is 0 Å². The van der Waals surface area contributed by atoms with E-state index in [1.807, 2.05) is 0 Å². The van der Waals surface area contributed by atoms with E-state index in [2.05, 4.69) is 10.5 Å². The van der Waals surface area contributed by atoms with Gasteiger partial charge < -0.3 is 24.4 Å². The van der Waals surface area contributed by atoms with Crippen molar-refractivity contribution in [3.63, 3.8) is 0 Å². The van der Waals surface area contributed by atoms with Crippen molar-refractivity contribution in [1.29, 1.82) is 0 Å². The molecule has 1 aromatic rings. The lowest BCUT2D eigenvalue weighted by Crippen LogP contribution is -2.28. The van der Waals surface area contributed by atoms with E-state index in [0.717, 1.165) is 0 Å². The number of aliphatic carboxylic acids is 1. The number of hydrogen-bond acceptors (Lipinski definition) is 6. The Morgan fingerprint density at radius 1 is 1.56 bits per heavy atom. The monoisotopic (exact) mass is 258 g/mol. The molecular weight excluding hydrogens is 244 g/mol. The maximum Gasteiger partial charge on any atom is 0.329 e. The van der Waals surface area contributed by atoms with Crippen LogP contribution in [0.15, 0.2) is 10.6 Å². The molecule has 0 saturated carbocycles. The van der Waals surface area contributed by atoms with E-state index >= 15 is 0 Å². The van der Waals surface area contributed by atoms with Gasteiger partial charge in [0.05, 0.1) is 6.61 Å². The summed E-state index contributed by atoms with van der Waals surface area (Å²) in [6.45, 7) is 0.152. The Hall–Kier alpha value is -1.93. The summed E-state index contributed by atoms with van der Waals surface area (Å²) in [5, 5.41) is 14.4. The number of amides is 1. The van der Waals surface area contributed by atoms with Gasteiger partial charge in [-0.2, -0.15) is 0 Å². The average Bonchev–Trinajstić information content (AvgIpc) is 2.77. The van der Waals surface area contributed by atoms with Crippen LogP contribution < -0.4 is 5.32 Å². The summed E-state index contributed by atoms with van der Waals surface area (Å²) >= 11 is 0. The topological polar surface area (TPSA) is 111 Å². The second-order valence-corrected chi connectivity index (χ2v) is 3.31. The van der Waals surface area contributed by atoms with E-state index in [4.69, 9.17) is 19.1 Å². The average molecular weight is 258 g/mol. The van der Waals surface area contributed by atoms with E-state index in [1.54, 1.807) is 0 Å². The van der Waals surface area contributed by atoms with Gasteiger partial charge >= 0.3 is 5.97 Å². The lowest BCUT2D eigenvalue weighted by molar-refractivity contribution is -0.142. The highest BCUT2D eigenvalue weighted by atomic mass is 16.5. The van der Waals surface area contributed by atoms with E-state index in [-0.39, 0.29) is 25.5 Å². The van der Waals surface area contributed by atoms with E-state index < -0.39 is 18.5 Å². The summed E-state index contributed by atoms with van der Waals surface area (Å²) in [7, 11) is 1.50. The predicted molar refractivity (Wildman–Crippen MR) is 58.0 cm³/mol. The first-order chi connectivity index (χ1) is 8.63. The minimum Gasteiger partial charge on any atom is -0.480 e. The molecule has 0 atom stereocenters. The van der Waals surface area contributed by atoms with Crippen molar-refractivity contribution < 1.29 is 28.7 Å². The molecule has 1 rings (SSSR count). The second kappa shape index (κ2) is 7.41. The molecule has 1 heterocycles. The third-order valence-electron chi connectivity index (χ3n) is 1.84. The second-order valence-electron chi connectivity index (χ2n) is 3.31. The molecule has 0 aliphatic heterocycles. The molecule has 100 valence electrons. The van der Waals surface area contributed by atoms with Gasteiger partial charge in [-0.15, -0.1) is 0 Å². The highest BCUT2D eigenvalue weighted by molar-refractivity contribution is 5.92. The Morgan fingerprint density at radius 2 is 2.33 bits per heavy atom. The largest absolute Gasteiger partial charge is 0.480 e. The Labute approximate surface area is 103 Å². The number of hydrogen-bond donors (Lipinski definition) is 2. The number of ether oxygens (including phenoxy) is 2. The van der Waals surface area contributed by atoms with Crippen LogP contribution in [-0.4, -0.2) is 49.0 Å². The maximum atomic E-state index is 11.5. The van der Waals surface area contributed by atoms with Crippen molar-refractivity contribution in [2.24, 2.45) is 0 Å². The van der Waals surface area contributed by atoms with Crippen molar-refractivity contribution >= 4 is 11.9 Å². The fourth-order valence-electron chi connectivity index (χ4n) is 1.12. The lowest BCUT2D eigenvalue weighted by atomic mass is 10.3. The molecule has 0 radical (unpaired) electrons. The van der Waals surface area contributed by atoms with Crippen molar-refractivity contribution in [2.75, 3.05) is 26.9 Å². The van der Waals surface area contributed by atoms with Crippen LogP contribution >= 0.6 is 0 Å². The molecule has 0 saturated heterocycles. The summed E-state index contributed by atoms with van der Waals surface area (Å²) in [4.78, 5) is 21.6. The quantitative estimate of drug-likeness (QED) is 0.613. The zero-order chi connectivity index (χ0) is 13.4. The van der Waals surface area contributed by atoms with Crippen molar-refractivity contribution in [1.82, 2.24) is 10.5 Å². The number of nitrogens with one attached hydrogen (secondary N) is 1. The highest BCUT2D eigenvalue weighted by Crippen LogP contribution is 2.04. The third-order valence-corrected chi connectivity index (χ3v) is 1.84. The molecule has 8 nitrogen and oxygen atoms in total. The summed E-state index contributed by atoms with van der Waals surface area (Å²) in [5.41, 5.74) is 0.139. The molecule has 0 aliphatic rings. The Morgan fingerprint density at radius 3 is 3.00 bits per heavy atom. The number of methoxy groups -OCH3 is 1. The van der Waals surface area contributed by atoms with Crippen LogP contribution in [-0.2, 0) is 20.9 Å². The normalized spacial score (nSPS) is 10.3. The molecule has 0 fully saturated rings. The molecule has 1 aromatic heterocycles. The van der Waals surface area contributed by atoms with Gasteiger partial charge in [0.15, 0.2) is 11.5 Å². The maximum absolute atomic E-state index is 11.5. The smallest absolute Gasteiger partial charge is 0.329 e. The van der Waals surface area contributed by atoms with Crippen LogP contribution in [0.4, 0.5) is 0 Å². The third kappa shape index (κ3) is 4.93. The zero-order valence-corrected chi connectivity index (χ0v) is 9.84. The summed E-state index contributed by atoms with van der Waals surface area (Å²) in [6, 6.07) is 1.47. The van der Waals surface area contributed by atoms with E-state index in [0.29, 0.717) is 5.76 Å². The van der Waals surface area contributed by atoms with Crippen LogP contribution in [0, 0.1) is 0 Å². The molecule has 0 spiro atoms. The zero-order valence-electron chi connectivity index (χ0n) is 9.84. The number of carbonyl (C=O) groups is 2. The Bertz CT molecular complexity index is 403. The first kappa shape index (κ1) is 14.1. The molecule has 0 aromatic carbocycles. The molecule has 18 heavy (non-hydrogen) atoms.